The molecule has 4 rings (SSSR count). The van der Waals surface area contributed by atoms with Crippen molar-refractivity contribution in [2.75, 3.05) is 11.9 Å². The Morgan fingerprint density at radius 2 is 2.06 bits per heavy atom. The second-order valence-corrected chi connectivity index (χ2v) is 11.9. The van der Waals surface area contributed by atoms with Crippen molar-refractivity contribution in [1.29, 1.82) is 5.26 Å². The Labute approximate surface area is 215 Å². The standard InChI is InChI=1S/C28H31N3O2S2/c1-6-33-27(32)24-21-12-11-20(28(3,4)5)13-23(21)35-26(24)30-15-19(14-29)25-31-22(16-34-25)18-9-7-17(2)8-10-18/h7-10,15-16,20,30H,6,11-13H2,1-5H3/b19-15-/t20-/m1/s1. The van der Waals surface area contributed by atoms with Crippen molar-refractivity contribution in [3.8, 4) is 17.3 Å². The first-order valence-corrected chi connectivity index (χ1v) is 13.6. The van der Waals surface area contributed by atoms with E-state index in [1.807, 2.05) is 24.4 Å². The van der Waals surface area contributed by atoms with Crippen LogP contribution in [-0.4, -0.2) is 17.6 Å². The summed E-state index contributed by atoms with van der Waals surface area (Å²) in [6.07, 6.45) is 4.54. The number of hydrogen-bond acceptors (Lipinski definition) is 7. The maximum absolute atomic E-state index is 12.9. The highest BCUT2D eigenvalue weighted by molar-refractivity contribution is 7.16. The fraction of sp³-hybridized carbons (Fsp3) is 0.393. The van der Waals surface area contributed by atoms with Gasteiger partial charge in [-0.15, -0.1) is 22.7 Å². The third-order valence-corrected chi connectivity index (χ3v) is 8.58. The van der Waals surface area contributed by atoms with Gasteiger partial charge in [-0.2, -0.15) is 5.26 Å². The molecular formula is C28H31N3O2S2. The minimum absolute atomic E-state index is 0.216. The van der Waals surface area contributed by atoms with Crippen molar-refractivity contribution < 1.29 is 9.53 Å². The SMILES string of the molecule is CCOC(=O)c1c(N/C=C(/C#N)c2nc(-c3ccc(C)cc3)cs2)sc2c1CC[C@@H](C(C)(C)C)C2. The van der Waals surface area contributed by atoms with E-state index in [-0.39, 0.29) is 11.4 Å². The van der Waals surface area contributed by atoms with E-state index in [9.17, 15) is 10.1 Å². The van der Waals surface area contributed by atoms with Gasteiger partial charge in [0.05, 0.1) is 17.9 Å². The average Bonchev–Trinajstić information content (AvgIpc) is 3.44. The van der Waals surface area contributed by atoms with E-state index in [2.05, 4.69) is 56.2 Å². The van der Waals surface area contributed by atoms with Gasteiger partial charge in [0, 0.05) is 22.0 Å². The van der Waals surface area contributed by atoms with Gasteiger partial charge in [0.1, 0.15) is 21.7 Å². The highest BCUT2D eigenvalue weighted by atomic mass is 32.1. The maximum Gasteiger partial charge on any atom is 0.341 e. The topological polar surface area (TPSA) is 75.0 Å². The molecule has 2 aromatic heterocycles. The van der Waals surface area contributed by atoms with Gasteiger partial charge in [-0.3, -0.25) is 0 Å². The quantitative estimate of drug-likeness (QED) is 0.277. The number of carbonyl (C=O) groups is 1. The van der Waals surface area contributed by atoms with Gasteiger partial charge in [-0.1, -0.05) is 50.6 Å². The van der Waals surface area contributed by atoms with Crippen LogP contribution < -0.4 is 5.32 Å². The van der Waals surface area contributed by atoms with E-state index < -0.39 is 0 Å². The molecule has 0 bridgehead atoms. The van der Waals surface area contributed by atoms with Crippen LogP contribution in [0.25, 0.3) is 16.8 Å². The number of thiophene rings is 1. The van der Waals surface area contributed by atoms with Gasteiger partial charge in [0.25, 0.3) is 0 Å². The molecule has 182 valence electrons. The second-order valence-electron chi connectivity index (χ2n) is 9.95. The number of aromatic nitrogens is 1. The largest absolute Gasteiger partial charge is 0.462 e. The van der Waals surface area contributed by atoms with Crippen LogP contribution in [-0.2, 0) is 17.6 Å². The number of rotatable bonds is 6. The van der Waals surface area contributed by atoms with Crippen molar-refractivity contribution in [2.24, 2.45) is 11.3 Å². The van der Waals surface area contributed by atoms with Crippen molar-refractivity contribution in [3.05, 3.63) is 62.4 Å². The van der Waals surface area contributed by atoms with E-state index in [1.165, 1.54) is 21.8 Å². The zero-order chi connectivity index (χ0) is 25.2. The smallest absolute Gasteiger partial charge is 0.341 e. The van der Waals surface area contributed by atoms with Crippen molar-refractivity contribution in [3.63, 3.8) is 0 Å². The van der Waals surface area contributed by atoms with Crippen LogP contribution in [0.2, 0.25) is 0 Å². The van der Waals surface area contributed by atoms with E-state index >= 15 is 0 Å². The molecule has 0 spiro atoms. The number of nitrogens with one attached hydrogen (secondary N) is 1. The second kappa shape index (κ2) is 10.3. The van der Waals surface area contributed by atoms with Crippen LogP contribution in [0.4, 0.5) is 5.00 Å². The number of benzene rings is 1. The summed E-state index contributed by atoms with van der Waals surface area (Å²) in [6, 6.07) is 10.4. The molecule has 1 N–H and O–H groups in total. The van der Waals surface area contributed by atoms with Crippen molar-refractivity contribution in [2.45, 2.75) is 53.9 Å². The summed E-state index contributed by atoms with van der Waals surface area (Å²) >= 11 is 3.04. The molecule has 35 heavy (non-hydrogen) atoms. The van der Waals surface area contributed by atoms with E-state index in [0.717, 1.165) is 41.1 Å². The third kappa shape index (κ3) is 5.50. The number of hydrogen-bond donors (Lipinski definition) is 1. The first-order chi connectivity index (χ1) is 16.7. The number of fused-ring (bicyclic) bond motifs is 1. The molecule has 1 aliphatic carbocycles. The molecule has 0 unspecified atom stereocenters. The normalized spacial score (nSPS) is 15.9. The molecule has 2 heterocycles. The number of aryl methyl sites for hydroxylation is 1. The Morgan fingerprint density at radius 3 is 2.71 bits per heavy atom. The zero-order valence-corrected chi connectivity index (χ0v) is 22.5. The molecule has 5 nitrogen and oxygen atoms in total. The van der Waals surface area contributed by atoms with Crippen LogP contribution >= 0.6 is 22.7 Å². The fourth-order valence-electron chi connectivity index (χ4n) is 4.38. The number of allylic oxidation sites excluding steroid dienone is 1. The number of esters is 1. The molecule has 0 saturated heterocycles. The molecule has 1 aromatic carbocycles. The van der Waals surface area contributed by atoms with Gasteiger partial charge in [-0.25, -0.2) is 9.78 Å². The van der Waals surface area contributed by atoms with Crippen molar-refractivity contribution >= 4 is 39.2 Å². The molecule has 0 amide bonds. The molecular weight excluding hydrogens is 474 g/mol. The summed E-state index contributed by atoms with van der Waals surface area (Å²) < 4.78 is 5.40. The lowest BCUT2D eigenvalue weighted by Crippen LogP contribution is -2.26. The highest BCUT2D eigenvalue weighted by Crippen LogP contribution is 2.44. The molecule has 0 radical (unpaired) electrons. The summed E-state index contributed by atoms with van der Waals surface area (Å²) in [4.78, 5) is 18.8. The predicted octanol–water partition coefficient (Wildman–Crippen LogP) is 7.48. The molecule has 7 heteroatoms. The number of ether oxygens (including phenoxy) is 1. The summed E-state index contributed by atoms with van der Waals surface area (Å²) in [5, 5.41) is 16.5. The molecule has 0 fully saturated rings. The molecule has 0 aliphatic heterocycles. The summed E-state index contributed by atoms with van der Waals surface area (Å²) in [7, 11) is 0. The van der Waals surface area contributed by atoms with Crippen LogP contribution in [0.3, 0.4) is 0 Å². The summed E-state index contributed by atoms with van der Waals surface area (Å²) in [5.41, 5.74) is 5.42. The lowest BCUT2D eigenvalue weighted by Gasteiger charge is -2.33. The Morgan fingerprint density at radius 1 is 1.31 bits per heavy atom. The monoisotopic (exact) mass is 505 g/mol. The number of nitriles is 1. The highest BCUT2D eigenvalue weighted by Gasteiger charge is 2.34. The first kappa shape index (κ1) is 25.2. The lowest BCUT2D eigenvalue weighted by molar-refractivity contribution is 0.0526. The predicted molar refractivity (Wildman–Crippen MR) is 145 cm³/mol. The Balaban J connectivity index is 1.63. The van der Waals surface area contributed by atoms with Gasteiger partial charge >= 0.3 is 5.97 Å². The van der Waals surface area contributed by atoms with Crippen molar-refractivity contribution in [1.82, 2.24) is 4.98 Å². The molecule has 0 saturated carbocycles. The van der Waals surface area contributed by atoms with E-state index in [1.54, 1.807) is 17.5 Å². The van der Waals surface area contributed by atoms with Gasteiger partial charge < -0.3 is 10.1 Å². The fourth-order valence-corrected chi connectivity index (χ4v) is 6.46. The molecule has 3 aromatic rings. The van der Waals surface area contributed by atoms with Gasteiger partial charge in [-0.05, 0) is 50.0 Å². The Kier molecular flexibility index (Phi) is 7.44. The minimum atomic E-state index is -0.301. The van der Waals surface area contributed by atoms with Crippen LogP contribution in [0.5, 0.6) is 0 Å². The lowest BCUT2D eigenvalue weighted by atomic mass is 9.72. The van der Waals surface area contributed by atoms with Crippen LogP contribution in [0, 0.1) is 29.6 Å². The number of nitrogens with zero attached hydrogens (tertiary/aromatic N) is 2. The summed E-state index contributed by atoms with van der Waals surface area (Å²) in [5.74, 6) is 0.266. The van der Waals surface area contributed by atoms with Crippen LogP contribution in [0.15, 0.2) is 35.8 Å². The summed E-state index contributed by atoms with van der Waals surface area (Å²) in [6.45, 7) is 11.0. The first-order valence-electron chi connectivity index (χ1n) is 11.9. The van der Waals surface area contributed by atoms with Gasteiger partial charge in [0.15, 0.2) is 0 Å². The van der Waals surface area contributed by atoms with Crippen LogP contribution in [0.1, 0.15) is 65.5 Å². The Hall–Kier alpha value is -2.95. The van der Waals surface area contributed by atoms with E-state index in [4.69, 9.17) is 4.74 Å². The zero-order valence-electron chi connectivity index (χ0n) is 20.9. The number of thiazole rings is 1. The van der Waals surface area contributed by atoms with E-state index in [0.29, 0.717) is 28.7 Å². The third-order valence-electron chi connectivity index (χ3n) is 6.52. The minimum Gasteiger partial charge on any atom is -0.462 e. The average molecular weight is 506 g/mol. The Bertz CT molecular complexity index is 1290. The number of anilines is 1. The molecule has 1 aliphatic rings. The number of carbonyl (C=O) groups excluding carboxylic acids is 1. The molecule has 1 atom stereocenters. The van der Waals surface area contributed by atoms with Gasteiger partial charge in [0.2, 0.25) is 0 Å². The maximum atomic E-state index is 12.9.